The molecular weight excluding hydrogens is 523 g/mol. The van der Waals surface area contributed by atoms with Crippen molar-refractivity contribution in [3.05, 3.63) is 47.5 Å². The van der Waals surface area contributed by atoms with Gasteiger partial charge >= 0.3 is 6.03 Å². The van der Waals surface area contributed by atoms with E-state index < -0.39 is 5.82 Å². The molecule has 11 heteroatoms. The normalized spacial score (nSPS) is 19.8. The number of methoxy groups -OCH3 is 1. The molecule has 0 unspecified atom stereocenters. The maximum Gasteiger partial charge on any atom is 0.319 e. The number of carbonyl (C=O) groups is 1. The van der Waals surface area contributed by atoms with Gasteiger partial charge in [0.15, 0.2) is 11.5 Å². The Morgan fingerprint density at radius 1 is 1.10 bits per heavy atom. The highest BCUT2D eigenvalue weighted by molar-refractivity contribution is 6.31. The van der Waals surface area contributed by atoms with Crippen molar-refractivity contribution in [3.63, 3.8) is 0 Å². The third kappa shape index (κ3) is 6.45. The second-order valence-corrected chi connectivity index (χ2v) is 10.5. The van der Waals surface area contributed by atoms with Crippen LogP contribution in [0, 0.1) is 5.82 Å². The Hall–Kier alpha value is -3.37. The summed E-state index contributed by atoms with van der Waals surface area (Å²) >= 11 is 5.95. The lowest BCUT2D eigenvalue weighted by molar-refractivity contribution is 0.129. The monoisotopic (exact) mass is 556 g/mol. The first-order valence-electron chi connectivity index (χ1n) is 13.4. The number of hydrogen-bond donors (Lipinski definition) is 2. The first kappa shape index (κ1) is 27.2. The summed E-state index contributed by atoms with van der Waals surface area (Å²) in [6.45, 7) is 3.20. The van der Waals surface area contributed by atoms with E-state index in [4.69, 9.17) is 21.1 Å². The van der Waals surface area contributed by atoms with E-state index in [0.29, 0.717) is 34.6 Å². The third-order valence-corrected chi connectivity index (χ3v) is 7.69. The largest absolute Gasteiger partial charge is 0.493 e. The topological polar surface area (TPSA) is 91.8 Å². The van der Waals surface area contributed by atoms with Crippen molar-refractivity contribution in [1.29, 1.82) is 0 Å². The van der Waals surface area contributed by atoms with Gasteiger partial charge < -0.3 is 29.9 Å². The summed E-state index contributed by atoms with van der Waals surface area (Å²) in [5.41, 5.74) is 1.30. The van der Waals surface area contributed by atoms with Crippen molar-refractivity contribution in [3.8, 4) is 11.5 Å². The first-order valence-corrected chi connectivity index (χ1v) is 13.7. The molecule has 2 aromatic carbocycles. The molecule has 208 valence electrons. The van der Waals surface area contributed by atoms with E-state index in [1.165, 1.54) is 18.5 Å². The molecule has 2 aliphatic rings. The molecular formula is C28H34ClFN6O3. The summed E-state index contributed by atoms with van der Waals surface area (Å²) in [5, 5.41) is 7.61. The van der Waals surface area contributed by atoms with Crippen LogP contribution in [0.2, 0.25) is 5.02 Å². The van der Waals surface area contributed by atoms with Crippen LogP contribution in [0.5, 0.6) is 11.5 Å². The fourth-order valence-corrected chi connectivity index (χ4v) is 5.41. The number of anilines is 2. The Balaban J connectivity index is 1.20. The van der Waals surface area contributed by atoms with E-state index in [1.54, 1.807) is 18.1 Å². The highest BCUT2D eigenvalue weighted by atomic mass is 35.5. The molecule has 1 aliphatic carbocycles. The fraction of sp³-hybridized carbons (Fsp3) is 0.464. The van der Waals surface area contributed by atoms with E-state index in [0.717, 1.165) is 63.7 Å². The number of rotatable bonds is 9. The Morgan fingerprint density at radius 2 is 1.92 bits per heavy atom. The quantitative estimate of drug-likeness (QED) is 0.374. The van der Waals surface area contributed by atoms with Crippen LogP contribution in [0.1, 0.15) is 32.1 Å². The first-order chi connectivity index (χ1) is 18.9. The Labute approximate surface area is 232 Å². The molecule has 1 aromatic heterocycles. The minimum Gasteiger partial charge on any atom is -0.493 e. The molecule has 1 saturated heterocycles. The number of ether oxygens (including phenoxy) is 2. The molecule has 1 aliphatic heterocycles. The van der Waals surface area contributed by atoms with Gasteiger partial charge in [-0.2, -0.15) is 0 Å². The molecule has 3 aromatic rings. The van der Waals surface area contributed by atoms with Crippen LogP contribution < -0.4 is 20.1 Å². The maximum absolute atomic E-state index is 13.6. The van der Waals surface area contributed by atoms with E-state index in [9.17, 15) is 9.18 Å². The average Bonchev–Trinajstić information content (AvgIpc) is 2.94. The second-order valence-electron chi connectivity index (χ2n) is 10.1. The minimum absolute atomic E-state index is 0.0294. The summed E-state index contributed by atoms with van der Waals surface area (Å²) < 4.78 is 25.7. The van der Waals surface area contributed by atoms with E-state index in [1.807, 2.05) is 24.1 Å². The lowest BCUT2D eigenvalue weighted by atomic mass is 9.93. The summed E-state index contributed by atoms with van der Waals surface area (Å²) in [6.07, 6.45) is 6.36. The number of nitrogens with one attached hydrogen (secondary N) is 2. The summed E-state index contributed by atoms with van der Waals surface area (Å²) in [5.74, 6) is 1.31. The highest BCUT2D eigenvalue weighted by Crippen LogP contribution is 2.37. The zero-order valence-corrected chi connectivity index (χ0v) is 23.0. The maximum atomic E-state index is 13.6. The zero-order chi connectivity index (χ0) is 27.4. The molecule has 2 fully saturated rings. The Kier molecular flexibility index (Phi) is 8.52. The highest BCUT2D eigenvalue weighted by Gasteiger charge is 2.25. The Bertz CT molecular complexity index is 1320. The summed E-state index contributed by atoms with van der Waals surface area (Å²) in [7, 11) is 3.47. The smallest absolute Gasteiger partial charge is 0.319 e. The van der Waals surface area contributed by atoms with Crippen molar-refractivity contribution < 1.29 is 18.7 Å². The van der Waals surface area contributed by atoms with Crippen LogP contribution in [0.3, 0.4) is 0 Å². The average molecular weight is 557 g/mol. The molecule has 0 atom stereocenters. The van der Waals surface area contributed by atoms with Gasteiger partial charge in [-0.05, 0) is 56.4 Å². The third-order valence-electron chi connectivity index (χ3n) is 7.40. The van der Waals surface area contributed by atoms with Crippen LogP contribution in [-0.4, -0.2) is 78.3 Å². The van der Waals surface area contributed by atoms with Crippen molar-refractivity contribution in [1.82, 2.24) is 25.1 Å². The molecule has 9 nitrogen and oxygen atoms in total. The zero-order valence-electron chi connectivity index (χ0n) is 22.3. The van der Waals surface area contributed by atoms with Gasteiger partial charge in [-0.25, -0.2) is 19.2 Å². The molecule has 5 rings (SSSR count). The van der Waals surface area contributed by atoms with Crippen LogP contribution in [-0.2, 0) is 0 Å². The lowest BCUT2D eigenvalue weighted by Gasteiger charge is -2.34. The molecule has 39 heavy (non-hydrogen) atoms. The number of aromatic nitrogens is 2. The van der Waals surface area contributed by atoms with Gasteiger partial charge in [-0.15, -0.1) is 0 Å². The molecule has 2 heterocycles. The molecule has 0 radical (unpaired) electrons. The van der Waals surface area contributed by atoms with Crippen LogP contribution >= 0.6 is 11.6 Å². The van der Waals surface area contributed by atoms with E-state index in [-0.39, 0.29) is 17.2 Å². The molecule has 0 spiro atoms. The lowest BCUT2D eigenvalue weighted by Crippen LogP contribution is -2.50. The van der Waals surface area contributed by atoms with Gasteiger partial charge in [-0.3, -0.25) is 0 Å². The number of carbonyl (C=O) groups excluding carboxylic acids is 1. The van der Waals surface area contributed by atoms with Gasteiger partial charge in [0.25, 0.3) is 0 Å². The molecule has 2 amide bonds. The van der Waals surface area contributed by atoms with Crippen LogP contribution in [0.25, 0.3) is 10.9 Å². The summed E-state index contributed by atoms with van der Waals surface area (Å²) in [4.78, 5) is 24.7. The fourth-order valence-electron chi connectivity index (χ4n) is 5.23. The van der Waals surface area contributed by atoms with Crippen molar-refractivity contribution >= 4 is 40.0 Å². The second kappa shape index (κ2) is 12.2. The minimum atomic E-state index is -0.481. The Morgan fingerprint density at radius 3 is 2.69 bits per heavy atom. The number of halogens is 2. The molecule has 1 saturated carbocycles. The number of fused-ring (bicyclic) bond motifs is 1. The van der Waals surface area contributed by atoms with E-state index >= 15 is 0 Å². The number of benzene rings is 2. The number of amides is 2. The summed E-state index contributed by atoms with van der Waals surface area (Å²) in [6, 6.07) is 8.68. The number of hydrogen-bond acceptors (Lipinski definition) is 7. The van der Waals surface area contributed by atoms with Gasteiger partial charge in [0.1, 0.15) is 18.0 Å². The molecule has 2 N–H and O–H groups in total. The number of nitrogens with zero attached hydrogens (tertiary/aromatic N) is 4. The predicted octanol–water partition coefficient (Wildman–Crippen LogP) is 5.21. The molecule has 0 bridgehead atoms. The standard InChI is InChI=1S/C28H34ClFN6O3/c1-35-11-3-12-36(28(35)37)13-10-31-18-4-7-20(8-5-18)39-26-15-21-24(16-25(26)38-2)32-17-33-27(21)34-19-6-9-23(30)22(29)14-19/h6,9,14-18,20,31H,3-5,7-8,10-13H2,1-2H3,(H,32,33,34). The van der Waals surface area contributed by atoms with Crippen molar-refractivity contribution in [2.24, 2.45) is 0 Å². The van der Waals surface area contributed by atoms with Crippen LogP contribution in [0.4, 0.5) is 20.7 Å². The van der Waals surface area contributed by atoms with Gasteiger partial charge in [0.2, 0.25) is 0 Å². The van der Waals surface area contributed by atoms with Gasteiger partial charge in [0, 0.05) is 56.4 Å². The number of urea groups is 1. The van der Waals surface area contributed by atoms with Gasteiger partial charge in [-0.1, -0.05) is 11.6 Å². The van der Waals surface area contributed by atoms with Crippen molar-refractivity contribution in [2.75, 3.05) is 45.7 Å². The van der Waals surface area contributed by atoms with Crippen molar-refractivity contribution in [2.45, 2.75) is 44.2 Å². The van der Waals surface area contributed by atoms with E-state index in [2.05, 4.69) is 20.6 Å². The van der Waals surface area contributed by atoms with Gasteiger partial charge in [0.05, 0.1) is 23.8 Å². The van der Waals surface area contributed by atoms with Crippen LogP contribution in [0.15, 0.2) is 36.7 Å². The predicted molar refractivity (Wildman–Crippen MR) is 150 cm³/mol. The SMILES string of the molecule is COc1cc2ncnc(Nc3ccc(F)c(Cl)c3)c2cc1OC1CCC(NCCN2CCCN(C)C2=O)CC1.